The molecule has 0 spiro atoms. The van der Waals surface area contributed by atoms with Crippen molar-refractivity contribution in [1.29, 1.82) is 0 Å². The summed E-state index contributed by atoms with van der Waals surface area (Å²) in [5, 5.41) is 13.4. The van der Waals surface area contributed by atoms with Crippen LogP contribution in [0.25, 0.3) is 0 Å². The number of para-hydroxylation sites is 1. The number of phenolic OH excluding ortho intramolecular Hbond substituents is 1. The second kappa shape index (κ2) is 6.61. The molecule has 20 heavy (non-hydrogen) atoms. The van der Waals surface area contributed by atoms with Gasteiger partial charge in [0.1, 0.15) is 0 Å². The highest BCUT2D eigenvalue weighted by Crippen LogP contribution is 2.30. The molecule has 1 atom stereocenters. The number of phenols is 1. The first-order valence-electron chi connectivity index (χ1n) is 6.98. The minimum Gasteiger partial charge on any atom is -0.504 e. The van der Waals surface area contributed by atoms with Gasteiger partial charge in [0, 0.05) is 19.6 Å². The van der Waals surface area contributed by atoms with Crippen molar-refractivity contribution in [2.75, 3.05) is 27.2 Å². The number of carbonyl (C=O) groups is 1. The summed E-state index contributed by atoms with van der Waals surface area (Å²) in [5.74, 6) is 0.0391. The Morgan fingerprint density at radius 1 is 1.50 bits per heavy atom. The summed E-state index contributed by atoms with van der Waals surface area (Å²) in [6.07, 6.45) is 3.48. The van der Waals surface area contributed by atoms with Crippen LogP contribution in [0, 0.1) is 0 Å². The van der Waals surface area contributed by atoms with E-state index in [-0.39, 0.29) is 17.2 Å². The first-order valence-corrected chi connectivity index (χ1v) is 6.98. The molecule has 1 amide bonds. The molecule has 1 aliphatic rings. The fourth-order valence-corrected chi connectivity index (χ4v) is 2.56. The van der Waals surface area contributed by atoms with Gasteiger partial charge in [0.05, 0.1) is 12.7 Å². The molecule has 1 fully saturated rings. The number of piperidine rings is 1. The molecule has 110 valence electrons. The van der Waals surface area contributed by atoms with E-state index < -0.39 is 0 Å². The molecule has 0 aromatic heterocycles. The van der Waals surface area contributed by atoms with Crippen LogP contribution in [0.3, 0.4) is 0 Å². The van der Waals surface area contributed by atoms with Crippen LogP contribution in [0.5, 0.6) is 11.5 Å². The van der Waals surface area contributed by atoms with Crippen LogP contribution < -0.4 is 10.1 Å². The Bertz CT molecular complexity index is 470. The molecule has 1 aromatic rings. The van der Waals surface area contributed by atoms with E-state index in [0.29, 0.717) is 18.3 Å². The van der Waals surface area contributed by atoms with Crippen molar-refractivity contribution in [3.05, 3.63) is 23.8 Å². The van der Waals surface area contributed by atoms with Crippen molar-refractivity contribution in [2.45, 2.75) is 25.3 Å². The molecule has 1 heterocycles. The number of rotatable bonds is 4. The number of hydrogen-bond donors (Lipinski definition) is 2. The van der Waals surface area contributed by atoms with Crippen molar-refractivity contribution >= 4 is 5.91 Å². The molecule has 1 saturated heterocycles. The van der Waals surface area contributed by atoms with Crippen molar-refractivity contribution in [3.63, 3.8) is 0 Å². The minimum atomic E-state index is -0.186. The van der Waals surface area contributed by atoms with E-state index in [1.165, 1.54) is 20.0 Å². The summed E-state index contributed by atoms with van der Waals surface area (Å²) >= 11 is 0. The minimum absolute atomic E-state index is 0.0940. The van der Waals surface area contributed by atoms with Crippen molar-refractivity contribution in [2.24, 2.45) is 0 Å². The van der Waals surface area contributed by atoms with E-state index in [1.807, 2.05) is 0 Å². The van der Waals surface area contributed by atoms with Gasteiger partial charge in [-0.05, 0) is 31.5 Å². The average Bonchev–Trinajstić information content (AvgIpc) is 2.48. The molecule has 5 nitrogen and oxygen atoms in total. The zero-order valence-corrected chi connectivity index (χ0v) is 12.1. The number of nitrogens with zero attached hydrogens (tertiary/aromatic N) is 1. The number of likely N-dealkylation sites (N-methyl/N-ethyl adjacent to an activating group) is 1. The molecule has 0 aliphatic carbocycles. The monoisotopic (exact) mass is 278 g/mol. The van der Waals surface area contributed by atoms with Gasteiger partial charge in [-0.1, -0.05) is 12.5 Å². The Kier molecular flexibility index (Phi) is 4.84. The highest BCUT2D eigenvalue weighted by atomic mass is 16.5. The number of benzene rings is 1. The summed E-state index contributed by atoms with van der Waals surface area (Å²) in [6.45, 7) is 1.66. The highest BCUT2D eigenvalue weighted by molar-refractivity contribution is 5.97. The lowest BCUT2D eigenvalue weighted by atomic mass is 10.0. The third-order valence-electron chi connectivity index (χ3n) is 3.70. The zero-order chi connectivity index (χ0) is 14.5. The topological polar surface area (TPSA) is 61.8 Å². The third-order valence-corrected chi connectivity index (χ3v) is 3.70. The van der Waals surface area contributed by atoms with Gasteiger partial charge in [-0.3, -0.25) is 4.79 Å². The van der Waals surface area contributed by atoms with Crippen molar-refractivity contribution in [1.82, 2.24) is 10.2 Å². The van der Waals surface area contributed by atoms with Crippen LogP contribution in [-0.2, 0) is 0 Å². The fourth-order valence-electron chi connectivity index (χ4n) is 2.56. The van der Waals surface area contributed by atoms with Gasteiger partial charge >= 0.3 is 0 Å². The lowest BCUT2D eigenvalue weighted by Gasteiger charge is -2.28. The smallest absolute Gasteiger partial charge is 0.257 e. The summed E-state index contributed by atoms with van der Waals surface area (Å²) in [7, 11) is 3.23. The van der Waals surface area contributed by atoms with Crippen LogP contribution in [0.1, 0.15) is 29.6 Å². The van der Waals surface area contributed by atoms with Gasteiger partial charge in [-0.2, -0.15) is 0 Å². The zero-order valence-electron chi connectivity index (χ0n) is 12.1. The Hall–Kier alpha value is -1.75. The van der Waals surface area contributed by atoms with E-state index in [2.05, 4.69) is 5.32 Å². The first kappa shape index (κ1) is 14.7. The first-order chi connectivity index (χ1) is 9.63. The van der Waals surface area contributed by atoms with Crippen molar-refractivity contribution < 1.29 is 14.6 Å². The molecule has 0 saturated carbocycles. The number of nitrogens with one attached hydrogen (secondary N) is 1. The maximum absolute atomic E-state index is 12.4. The molecule has 0 radical (unpaired) electrons. The van der Waals surface area contributed by atoms with Gasteiger partial charge < -0.3 is 20.1 Å². The quantitative estimate of drug-likeness (QED) is 0.878. The largest absolute Gasteiger partial charge is 0.504 e. The molecule has 1 aliphatic heterocycles. The highest BCUT2D eigenvalue weighted by Gasteiger charge is 2.21. The molecule has 1 aromatic carbocycles. The molecule has 5 heteroatoms. The number of amides is 1. The molecule has 2 rings (SSSR count). The number of aromatic hydroxyl groups is 1. The Morgan fingerprint density at radius 3 is 2.95 bits per heavy atom. The van der Waals surface area contributed by atoms with Gasteiger partial charge in [0.15, 0.2) is 11.5 Å². The summed E-state index contributed by atoms with van der Waals surface area (Å²) in [6, 6.07) is 5.30. The summed E-state index contributed by atoms with van der Waals surface area (Å²) in [4.78, 5) is 14.0. The molecular weight excluding hydrogens is 256 g/mol. The van der Waals surface area contributed by atoms with E-state index >= 15 is 0 Å². The van der Waals surface area contributed by atoms with Gasteiger partial charge in [0.2, 0.25) is 0 Å². The van der Waals surface area contributed by atoms with Crippen LogP contribution in [0.4, 0.5) is 0 Å². The lowest BCUT2D eigenvalue weighted by Crippen LogP contribution is -2.44. The van der Waals surface area contributed by atoms with E-state index in [4.69, 9.17) is 4.74 Å². The number of methoxy groups -OCH3 is 1. The molecule has 0 bridgehead atoms. The molecule has 1 unspecified atom stereocenters. The summed E-state index contributed by atoms with van der Waals surface area (Å²) < 4.78 is 5.03. The second-order valence-electron chi connectivity index (χ2n) is 5.19. The van der Waals surface area contributed by atoms with Gasteiger partial charge in [-0.25, -0.2) is 0 Å². The van der Waals surface area contributed by atoms with Crippen molar-refractivity contribution in [3.8, 4) is 11.5 Å². The van der Waals surface area contributed by atoms with Crippen LogP contribution in [0.2, 0.25) is 0 Å². The predicted octanol–water partition coefficient (Wildman–Crippen LogP) is 1.61. The normalized spacial score (nSPS) is 18.6. The van der Waals surface area contributed by atoms with Crippen LogP contribution in [0.15, 0.2) is 18.2 Å². The van der Waals surface area contributed by atoms with Gasteiger partial charge in [0.25, 0.3) is 5.91 Å². The fraction of sp³-hybridized carbons (Fsp3) is 0.533. The Labute approximate surface area is 119 Å². The Morgan fingerprint density at radius 2 is 2.30 bits per heavy atom. The SMILES string of the molecule is COc1cccc(C(=O)N(C)CC2CCCCN2)c1O. The lowest BCUT2D eigenvalue weighted by molar-refractivity contribution is 0.0771. The second-order valence-corrected chi connectivity index (χ2v) is 5.19. The van der Waals surface area contributed by atoms with Crippen LogP contribution in [-0.4, -0.2) is 49.2 Å². The van der Waals surface area contributed by atoms with Gasteiger partial charge in [-0.15, -0.1) is 0 Å². The third kappa shape index (κ3) is 3.22. The van der Waals surface area contributed by atoms with Crippen LogP contribution >= 0.6 is 0 Å². The van der Waals surface area contributed by atoms with E-state index in [9.17, 15) is 9.90 Å². The number of hydrogen-bond acceptors (Lipinski definition) is 4. The maximum atomic E-state index is 12.4. The number of ether oxygens (including phenoxy) is 1. The molecular formula is C15H22N2O3. The summed E-state index contributed by atoms with van der Waals surface area (Å²) in [5.41, 5.74) is 0.280. The predicted molar refractivity (Wildman–Crippen MR) is 77.3 cm³/mol. The molecule has 2 N–H and O–H groups in total. The number of carbonyl (C=O) groups excluding carboxylic acids is 1. The standard InChI is InChI=1S/C15H22N2O3/c1-17(10-11-6-3-4-9-16-11)15(19)12-7-5-8-13(20-2)14(12)18/h5,7-8,11,16,18H,3-4,6,9-10H2,1-2H3. The Balaban J connectivity index is 2.06. The maximum Gasteiger partial charge on any atom is 0.257 e. The van der Waals surface area contributed by atoms with E-state index in [0.717, 1.165) is 13.0 Å². The average molecular weight is 278 g/mol. The van der Waals surface area contributed by atoms with E-state index in [1.54, 1.807) is 30.1 Å².